The predicted octanol–water partition coefficient (Wildman–Crippen LogP) is 5.22. The first-order valence-electron chi connectivity index (χ1n) is 7.55. The van der Waals surface area contributed by atoms with Gasteiger partial charge in [-0.25, -0.2) is 0 Å². The zero-order valence-electron chi connectivity index (χ0n) is 13.0. The summed E-state index contributed by atoms with van der Waals surface area (Å²) < 4.78 is 5.79. The molecular weight excluding hydrogens is 318 g/mol. The van der Waals surface area contributed by atoms with Gasteiger partial charge in [-0.1, -0.05) is 59.4 Å². The average Bonchev–Trinajstić information content (AvgIpc) is 2.64. The minimum Gasteiger partial charge on any atom is -0.489 e. The molecular formula is C20H17NO2S. The van der Waals surface area contributed by atoms with Crippen LogP contribution >= 0.6 is 11.8 Å². The lowest BCUT2D eigenvalue weighted by Crippen LogP contribution is -1.94. The maximum atomic E-state index is 8.52. The van der Waals surface area contributed by atoms with Crippen LogP contribution in [0.25, 0.3) is 0 Å². The van der Waals surface area contributed by atoms with E-state index in [0.717, 1.165) is 26.7 Å². The zero-order valence-corrected chi connectivity index (χ0v) is 13.8. The van der Waals surface area contributed by atoms with E-state index in [4.69, 9.17) is 9.94 Å². The van der Waals surface area contributed by atoms with E-state index in [0.29, 0.717) is 6.61 Å². The minimum atomic E-state index is 0.571. The summed E-state index contributed by atoms with van der Waals surface area (Å²) in [5.74, 6) is 0.859. The lowest BCUT2D eigenvalue weighted by atomic mass is 10.2. The first-order valence-corrected chi connectivity index (χ1v) is 8.37. The molecule has 3 aromatic carbocycles. The second kappa shape index (κ2) is 8.22. The van der Waals surface area contributed by atoms with Crippen molar-refractivity contribution in [3.8, 4) is 5.75 Å². The molecule has 0 bridgehead atoms. The van der Waals surface area contributed by atoms with Gasteiger partial charge in [0.1, 0.15) is 12.4 Å². The Morgan fingerprint density at radius 2 is 1.46 bits per heavy atom. The van der Waals surface area contributed by atoms with Crippen molar-refractivity contribution in [2.45, 2.75) is 16.4 Å². The standard InChI is InChI=1S/C20H17NO2S/c22-21-14-16-6-10-19(11-7-16)24-20-12-8-18(9-13-20)23-15-17-4-2-1-3-5-17/h1-14,22H,15H2. The quantitative estimate of drug-likeness (QED) is 0.381. The molecule has 0 amide bonds. The fourth-order valence-corrected chi connectivity index (χ4v) is 2.99. The summed E-state index contributed by atoms with van der Waals surface area (Å²) in [5.41, 5.74) is 2.02. The Morgan fingerprint density at radius 3 is 2.08 bits per heavy atom. The van der Waals surface area contributed by atoms with Crippen LogP contribution < -0.4 is 4.74 Å². The number of rotatable bonds is 6. The molecule has 1 N–H and O–H groups in total. The van der Waals surface area contributed by atoms with Crippen molar-refractivity contribution in [1.82, 2.24) is 0 Å². The third-order valence-electron chi connectivity index (χ3n) is 3.39. The van der Waals surface area contributed by atoms with Crippen LogP contribution in [0.1, 0.15) is 11.1 Å². The molecule has 0 aliphatic carbocycles. The van der Waals surface area contributed by atoms with Gasteiger partial charge in [-0.3, -0.25) is 0 Å². The van der Waals surface area contributed by atoms with Crippen molar-refractivity contribution in [3.63, 3.8) is 0 Å². The minimum absolute atomic E-state index is 0.571. The first-order chi connectivity index (χ1) is 11.8. The largest absolute Gasteiger partial charge is 0.489 e. The summed E-state index contributed by atoms with van der Waals surface area (Å²) in [5, 5.41) is 11.5. The molecule has 0 atom stereocenters. The predicted molar refractivity (Wildman–Crippen MR) is 97.2 cm³/mol. The van der Waals surface area contributed by atoms with Gasteiger partial charge in [0.2, 0.25) is 0 Å². The Balaban J connectivity index is 1.58. The van der Waals surface area contributed by atoms with Gasteiger partial charge in [0, 0.05) is 9.79 Å². The Kier molecular flexibility index (Phi) is 5.53. The van der Waals surface area contributed by atoms with E-state index in [1.165, 1.54) is 6.21 Å². The molecule has 0 aliphatic heterocycles. The Hall–Kier alpha value is -2.72. The number of benzene rings is 3. The van der Waals surface area contributed by atoms with Gasteiger partial charge in [-0.15, -0.1) is 0 Å². The van der Waals surface area contributed by atoms with Gasteiger partial charge < -0.3 is 9.94 Å². The fraction of sp³-hybridized carbons (Fsp3) is 0.0500. The van der Waals surface area contributed by atoms with E-state index in [-0.39, 0.29) is 0 Å². The SMILES string of the molecule is ON=Cc1ccc(Sc2ccc(OCc3ccccc3)cc2)cc1. The van der Waals surface area contributed by atoms with Crippen molar-refractivity contribution in [3.05, 3.63) is 90.0 Å². The van der Waals surface area contributed by atoms with Crippen LogP contribution in [0.4, 0.5) is 0 Å². The van der Waals surface area contributed by atoms with Gasteiger partial charge in [0.15, 0.2) is 0 Å². The van der Waals surface area contributed by atoms with E-state index in [1.54, 1.807) is 11.8 Å². The highest BCUT2D eigenvalue weighted by Crippen LogP contribution is 2.29. The van der Waals surface area contributed by atoms with Gasteiger partial charge in [-0.05, 0) is 47.5 Å². The summed E-state index contributed by atoms with van der Waals surface area (Å²) in [4.78, 5) is 2.27. The van der Waals surface area contributed by atoms with Crippen LogP contribution in [0.5, 0.6) is 5.75 Å². The Bertz CT molecular complexity index is 784. The Labute approximate surface area is 145 Å². The highest BCUT2D eigenvalue weighted by atomic mass is 32.2. The summed E-state index contributed by atoms with van der Waals surface area (Å²) >= 11 is 1.68. The molecule has 0 aliphatic rings. The van der Waals surface area contributed by atoms with E-state index in [1.807, 2.05) is 66.7 Å². The van der Waals surface area contributed by atoms with Crippen LogP contribution in [-0.2, 0) is 6.61 Å². The monoisotopic (exact) mass is 335 g/mol. The van der Waals surface area contributed by atoms with Gasteiger partial charge in [0.25, 0.3) is 0 Å². The van der Waals surface area contributed by atoms with Crippen LogP contribution in [0.15, 0.2) is 93.8 Å². The van der Waals surface area contributed by atoms with Crippen LogP contribution in [0, 0.1) is 0 Å². The smallest absolute Gasteiger partial charge is 0.119 e. The highest BCUT2D eigenvalue weighted by Gasteiger charge is 2.00. The normalized spacial score (nSPS) is 10.8. The molecule has 0 saturated heterocycles. The first kappa shape index (κ1) is 16.1. The van der Waals surface area contributed by atoms with Gasteiger partial charge in [-0.2, -0.15) is 0 Å². The molecule has 24 heavy (non-hydrogen) atoms. The van der Waals surface area contributed by atoms with Crippen LogP contribution in [0.2, 0.25) is 0 Å². The number of hydrogen-bond donors (Lipinski definition) is 1. The molecule has 0 saturated carbocycles. The van der Waals surface area contributed by atoms with Gasteiger partial charge >= 0.3 is 0 Å². The molecule has 0 heterocycles. The lowest BCUT2D eigenvalue weighted by molar-refractivity contribution is 0.306. The third kappa shape index (κ3) is 4.64. The average molecular weight is 335 g/mol. The highest BCUT2D eigenvalue weighted by molar-refractivity contribution is 7.99. The van der Waals surface area contributed by atoms with Crippen molar-refractivity contribution in [1.29, 1.82) is 0 Å². The number of oxime groups is 1. The second-order valence-electron chi connectivity index (χ2n) is 5.16. The zero-order chi connectivity index (χ0) is 16.6. The summed E-state index contributed by atoms with van der Waals surface area (Å²) in [7, 11) is 0. The lowest BCUT2D eigenvalue weighted by Gasteiger charge is -2.07. The third-order valence-corrected chi connectivity index (χ3v) is 4.41. The topological polar surface area (TPSA) is 41.8 Å². The molecule has 0 unspecified atom stereocenters. The fourth-order valence-electron chi connectivity index (χ4n) is 2.17. The number of ether oxygens (including phenoxy) is 1. The van der Waals surface area contributed by atoms with E-state index in [2.05, 4.69) is 17.3 Å². The molecule has 0 spiro atoms. The molecule has 120 valence electrons. The maximum Gasteiger partial charge on any atom is 0.119 e. The summed E-state index contributed by atoms with van der Waals surface area (Å²) in [6.45, 7) is 0.571. The van der Waals surface area contributed by atoms with Crippen molar-refractivity contribution < 1.29 is 9.94 Å². The molecule has 0 fully saturated rings. The van der Waals surface area contributed by atoms with Crippen molar-refractivity contribution in [2.75, 3.05) is 0 Å². The number of nitrogens with zero attached hydrogens (tertiary/aromatic N) is 1. The molecule has 4 heteroatoms. The van der Waals surface area contributed by atoms with E-state index < -0.39 is 0 Å². The summed E-state index contributed by atoms with van der Waals surface area (Å²) in [6, 6.07) is 26.0. The summed E-state index contributed by atoms with van der Waals surface area (Å²) in [6.07, 6.45) is 1.41. The van der Waals surface area contributed by atoms with Crippen LogP contribution in [-0.4, -0.2) is 11.4 Å². The second-order valence-corrected chi connectivity index (χ2v) is 6.31. The van der Waals surface area contributed by atoms with Crippen molar-refractivity contribution >= 4 is 18.0 Å². The molecule has 3 rings (SSSR count). The maximum absolute atomic E-state index is 8.52. The van der Waals surface area contributed by atoms with Crippen LogP contribution in [0.3, 0.4) is 0 Å². The Morgan fingerprint density at radius 1 is 0.833 bits per heavy atom. The molecule has 3 aromatic rings. The number of hydrogen-bond acceptors (Lipinski definition) is 4. The van der Waals surface area contributed by atoms with E-state index in [9.17, 15) is 0 Å². The van der Waals surface area contributed by atoms with E-state index >= 15 is 0 Å². The molecule has 0 aromatic heterocycles. The molecule has 0 radical (unpaired) electrons. The van der Waals surface area contributed by atoms with Gasteiger partial charge in [0.05, 0.1) is 6.21 Å². The van der Waals surface area contributed by atoms with Crippen molar-refractivity contribution in [2.24, 2.45) is 5.16 Å². The molecule has 3 nitrogen and oxygen atoms in total.